The second-order valence-corrected chi connectivity index (χ2v) is 5.71. The summed E-state index contributed by atoms with van der Waals surface area (Å²) in [5, 5.41) is 12.1. The summed E-state index contributed by atoms with van der Waals surface area (Å²) >= 11 is 0. The molecule has 2 rings (SSSR count). The van der Waals surface area contributed by atoms with E-state index in [1.165, 1.54) is 25.3 Å². The lowest BCUT2D eigenvalue weighted by atomic mass is 9.98. The smallest absolute Gasteiger partial charge is 0.305 e. The number of halogens is 1. The van der Waals surface area contributed by atoms with Crippen molar-refractivity contribution in [1.82, 2.24) is 5.32 Å². The summed E-state index contributed by atoms with van der Waals surface area (Å²) in [6.07, 6.45) is -0.305. The number of furan rings is 1. The topological polar surface area (TPSA) is 88.8 Å². The van der Waals surface area contributed by atoms with Crippen LogP contribution in [0.1, 0.15) is 29.5 Å². The Hall–Kier alpha value is -2.41. The Bertz CT molecular complexity index is 754. The molecule has 1 unspecified atom stereocenters. The van der Waals surface area contributed by atoms with Crippen LogP contribution in [0, 0.1) is 12.7 Å². The highest BCUT2D eigenvalue weighted by atomic mass is 19.1. The number of hydrogen-bond acceptors (Lipinski definition) is 4. The van der Waals surface area contributed by atoms with Gasteiger partial charge in [-0.25, -0.2) is 4.39 Å². The number of aryl methyl sites for hydroxylation is 1. The molecule has 7 heteroatoms. The molecule has 1 aromatic carbocycles. The van der Waals surface area contributed by atoms with Gasteiger partial charge in [-0.3, -0.25) is 9.59 Å². The number of carbonyl (C=O) groups is 2. The molecule has 1 amide bonds. The van der Waals surface area contributed by atoms with E-state index in [1.54, 1.807) is 13.8 Å². The Morgan fingerprint density at radius 3 is 2.74 bits per heavy atom. The van der Waals surface area contributed by atoms with Gasteiger partial charge in [-0.1, -0.05) is 0 Å². The predicted molar refractivity (Wildman–Crippen MR) is 80.9 cm³/mol. The summed E-state index contributed by atoms with van der Waals surface area (Å²) in [7, 11) is 1.42. The van der Waals surface area contributed by atoms with Gasteiger partial charge in [-0.2, -0.15) is 0 Å². The van der Waals surface area contributed by atoms with Crippen LogP contribution in [0.4, 0.5) is 4.39 Å². The van der Waals surface area contributed by atoms with E-state index >= 15 is 0 Å². The van der Waals surface area contributed by atoms with E-state index in [4.69, 9.17) is 14.3 Å². The van der Waals surface area contributed by atoms with Crippen molar-refractivity contribution in [3.63, 3.8) is 0 Å². The van der Waals surface area contributed by atoms with Crippen LogP contribution in [0.2, 0.25) is 0 Å². The number of amides is 1. The normalized spacial score (nSPS) is 13.7. The summed E-state index contributed by atoms with van der Waals surface area (Å²) in [5.41, 5.74) is -0.207. The molecule has 124 valence electrons. The van der Waals surface area contributed by atoms with E-state index in [1.807, 2.05) is 0 Å². The third kappa shape index (κ3) is 3.68. The lowest BCUT2D eigenvalue weighted by Crippen LogP contribution is -2.50. The molecule has 6 nitrogen and oxygen atoms in total. The molecule has 0 radical (unpaired) electrons. The van der Waals surface area contributed by atoms with Crippen LogP contribution < -0.4 is 5.32 Å². The number of ether oxygens (including phenoxy) is 1. The van der Waals surface area contributed by atoms with Crippen LogP contribution >= 0.6 is 0 Å². The second-order valence-electron chi connectivity index (χ2n) is 5.71. The standard InChI is InChI=1S/C16H18FNO5/c1-9-11-6-10(17)4-5-12(11)23-14(9)15(21)18-16(2,8-22-3)7-13(19)20/h4-6H,7-8H2,1-3H3,(H,18,21)(H,19,20). The molecule has 0 aliphatic carbocycles. The molecule has 0 aliphatic heterocycles. The monoisotopic (exact) mass is 323 g/mol. The number of aliphatic carboxylic acids is 1. The molecule has 2 N–H and O–H groups in total. The Morgan fingerprint density at radius 2 is 2.13 bits per heavy atom. The van der Waals surface area contributed by atoms with Gasteiger partial charge in [0.25, 0.3) is 5.91 Å². The Morgan fingerprint density at radius 1 is 1.43 bits per heavy atom. The number of benzene rings is 1. The van der Waals surface area contributed by atoms with E-state index < -0.39 is 23.2 Å². The first-order valence-corrected chi connectivity index (χ1v) is 6.97. The number of nitrogens with one attached hydrogen (secondary N) is 1. The van der Waals surface area contributed by atoms with Gasteiger partial charge >= 0.3 is 5.97 Å². The minimum atomic E-state index is -1.09. The molecule has 1 atom stereocenters. The zero-order valence-corrected chi connectivity index (χ0v) is 13.1. The number of rotatable bonds is 6. The number of carboxylic acids is 1. The minimum Gasteiger partial charge on any atom is -0.481 e. The number of hydrogen-bond donors (Lipinski definition) is 2. The maximum Gasteiger partial charge on any atom is 0.305 e. The first kappa shape index (κ1) is 17.0. The van der Waals surface area contributed by atoms with Crippen molar-refractivity contribution >= 4 is 22.8 Å². The molecular formula is C16H18FNO5. The number of carboxylic acid groups (broad SMARTS) is 1. The molecule has 0 fully saturated rings. The second kappa shape index (κ2) is 6.37. The van der Waals surface area contributed by atoms with Gasteiger partial charge in [-0.15, -0.1) is 0 Å². The Labute approximate surface area is 132 Å². The Balaban J connectivity index is 2.32. The highest BCUT2D eigenvalue weighted by Crippen LogP contribution is 2.26. The molecule has 0 saturated heterocycles. The van der Waals surface area contributed by atoms with Gasteiger partial charge in [0.1, 0.15) is 11.4 Å². The van der Waals surface area contributed by atoms with Crippen molar-refractivity contribution in [3.05, 3.63) is 35.3 Å². The quantitative estimate of drug-likeness (QED) is 0.852. The highest BCUT2D eigenvalue weighted by Gasteiger charge is 2.31. The molecule has 1 aromatic heterocycles. The van der Waals surface area contributed by atoms with Crippen molar-refractivity contribution in [2.45, 2.75) is 25.8 Å². The summed E-state index contributed by atoms with van der Waals surface area (Å²) in [6.45, 7) is 3.24. The lowest BCUT2D eigenvalue weighted by Gasteiger charge is -2.28. The summed E-state index contributed by atoms with van der Waals surface area (Å²) in [4.78, 5) is 23.4. The molecule has 2 aromatic rings. The molecule has 0 saturated carbocycles. The fraction of sp³-hybridized carbons (Fsp3) is 0.375. The molecule has 23 heavy (non-hydrogen) atoms. The largest absolute Gasteiger partial charge is 0.481 e. The van der Waals surface area contributed by atoms with Crippen LogP contribution in [0.15, 0.2) is 22.6 Å². The van der Waals surface area contributed by atoms with E-state index in [2.05, 4.69) is 5.32 Å². The summed E-state index contributed by atoms with van der Waals surface area (Å²) < 4.78 is 23.8. The van der Waals surface area contributed by atoms with Gasteiger partial charge in [0.05, 0.1) is 18.6 Å². The van der Waals surface area contributed by atoms with Gasteiger partial charge in [-0.05, 0) is 32.0 Å². The van der Waals surface area contributed by atoms with Gasteiger partial charge < -0.3 is 19.6 Å². The average molecular weight is 323 g/mol. The first-order chi connectivity index (χ1) is 10.8. The van der Waals surface area contributed by atoms with Crippen LogP contribution in [-0.4, -0.2) is 36.2 Å². The average Bonchev–Trinajstić information content (AvgIpc) is 2.75. The molecule has 0 bridgehead atoms. The molecule has 1 heterocycles. The summed E-state index contributed by atoms with van der Waals surface area (Å²) in [5.74, 6) is -2.03. The van der Waals surface area contributed by atoms with Crippen molar-refractivity contribution in [3.8, 4) is 0 Å². The third-order valence-corrected chi connectivity index (χ3v) is 3.52. The summed E-state index contributed by atoms with van der Waals surface area (Å²) in [6, 6.07) is 3.98. The van der Waals surface area contributed by atoms with Crippen molar-refractivity contribution < 1.29 is 28.2 Å². The number of carbonyl (C=O) groups excluding carboxylic acids is 1. The maximum absolute atomic E-state index is 13.3. The fourth-order valence-corrected chi connectivity index (χ4v) is 2.52. The highest BCUT2D eigenvalue weighted by molar-refractivity contribution is 5.99. The van der Waals surface area contributed by atoms with E-state index in [-0.39, 0.29) is 18.8 Å². The first-order valence-electron chi connectivity index (χ1n) is 6.97. The van der Waals surface area contributed by atoms with Gasteiger partial charge in [0, 0.05) is 18.1 Å². The number of fused-ring (bicyclic) bond motifs is 1. The zero-order chi connectivity index (χ0) is 17.2. The van der Waals surface area contributed by atoms with Crippen LogP contribution in [0.3, 0.4) is 0 Å². The minimum absolute atomic E-state index is 0.0262. The van der Waals surface area contributed by atoms with Crippen LogP contribution in [0.5, 0.6) is 0 Å². The van der Waals surface area contributed by atoms with Crippen molar-refractivity contribution in [2.75, 3.05) is 13.7 Å². The maximum atomic E-state index is 13.3. The van der Waals surface area contributed by atoms with E-state index in [0.29, 0.717) is 16.5 Å². The predicted octanol–water partition coefficient (Wildman–Crippen LogP) is 2.49. The zero-order valence-electron chi connectivity index (χ0n) is 13.1. The van der Waals surface area contributed by atoms with E-state index in [0.717, 1.165) is 0 Å². The number of methoxy groups -OCH3 is 1. The Kier molecular flexibility index (Phi) is 4.70. The van der Waals surface area contributed by atoms with Crippen LogP contribution in [0.25, 0.3) is 11.0 Å². The van der Waals surface area contributed by atoms with E-state index in [9.17, 15) is 14.0 Å². The lowest BCUT2D eigenvalue weighted by molar-refractivity contribution is -0.139. The molecular weight excluding hydrogens is 305 g/mol. The van der Waals surface area contributed by atoms with Crippen molar-refractivity contribution in [1.29, 1.82) is 0 Å². The van der Waals surface area contributed by atoms with Crippen molar-refractivity contribution in [2.24, 2.45) is 0 Å². The van der Waals surface area contributed by atoms with Gasteiger partial charge in [0.2, 0.25) is 0 Å². The SMILES string of the molecule is COCC(C)(CC(=O)O)NC(=O)c1oc2ccc(F)cc2c1C. The third-order valence-electron chi connectivity index (χ3n) is 3.52. The fourth-order valence-electron chi connectivity index (χ4n) is 2.52. The van der Waals surface area contributed by atoms with Crippen LogP contribution in [-0.2, 0) is 9.53 Å². The molecule has 0 aliphatic rings. The van der Waals surface area contributed by atoms with Gasteiger partial charge in [0.15, 0.2) is 5.76 Å². The molecule has 0 spiro atoms.